The highest BCUT2D eigenvalue weighted by atomic mass is 16.6. The minimum atomic E-state index is -0.612. The van der Waals surface area contributed by atoms with E-state index in [0.717, 1.165) is 12.0 Å². The maximum Gasteiger partial charge on any atom is 0.330 e. The average Bonchev–Trinajstić information content (AvgIpc) is 2.75. The Morgan fingerprint density at radius 3 is 2.41 bits per heavy atom. The van der Waals surface area contributed by atoms with Crippen LogP contribution in [0.25, 0.3) is 0 Å². The van der Waals surface area contributed by atoms with Gasteiger partial charge in [-0.05, 0) is 17.9 Å². The standard InChI is InChI=1S/C23H27N5O4/c1-16(2)12-13-26(15-18-10-6-7-11-19(18)28(31)32)20-21(24)27(23(30)25-22(20)29)14-17-8-4-3-5-9-17/h3-11,16H,12-15,24H2,1-2H3,(H,25,29,30). The van der Waals surface area contributed by atoms with Crippen molar-refractivity contribution < 1.29 is 4.92 Å². The Balaban J connectivity index is 2.08. The van der Waals surface area contributed by atoms with Gasteiger partial charge in [-0.1, -0.05) is 62.4 Å². The maximum absolute atomic E-state index is 12.8. The van der Waals surface area contributed by atoms with Crippen LogP contribution in [0.3, 0.4) is 0 Å². The smallest absolute Gasteiger partial charge is 0.330 e. The third-order valence-corrected chi connectivity index (χ3v) is 5.24. The first-order valence-electron chi connectivity index (χ1n) is 10.4. The Hall–Kier alpha value is -3.88. The van der Waals surface area contributed by atoms with Gasteiger partial charge >= 0.3 is 5.69 Å². The van der Waals surface area contributed by atoms with E-state index < -0.39 is 16.2 Å². The fourth-order valence-corrected chi connectivity index (χ4v) is 3.52. The molecule has 32 heavy (non-hydrogen) atoms. The Bertz CT molecular complexity index is 1200. The number of rotatable bonds is 9. The molecule has 0 fully saturated rings. The van der Waals surface area contributed by atoms with E-state index in [1.54, 1.807) is 23.1 Å². The number of benzene rings is 2. The highest BCUT2D eigenvalue weighted by Gasteiger charge is 2.22. The van der Waals surface area contributed by atoms with Crippen LogP contribution in [-0.2, 0) is 13.1 Å². The number of nitro benzene ring substituents is 1. The molecular formula is C23H27N5O4. The van der Waals surface area contributed by atoms with E-state index in [1.165, 1.54) is 10.6 Å². The van der Waals surface area contributed by atoms with E-state index >= 15 is 0 Å². The summed E-state index contributed by atoms with van der Waals surface area (Å²) in [7, 11) is 0. The zero-order valence-corrected chi connectivity index (χ0v) is 18.2. The zero-order valence-electron chi connectivity index (χ0n) is 18.2. The summed E-state index contributed by atoms with van der Waals surface area (Å²) in [5.74, 6) is 0.365. The van der Waals surface area contributed by atoms with Crippen molar-refractivity contribution in [1.29, 1.82) is 0 Å². The average molecular weight is 438 g/mol. The fourth-order valence-electron chi connectivity index (χ4n) is 3.52. The van der Waals surface area contributed by atoms with Crippen molar-refractivity contribution in [2.45, 2.75) is 33.4 Å². The lowest BCUT2D eigenvalue weighted by atomic mass is 10.1. The number of nitrogens with two attached hydrogens (primary N) is 1. The van der Waals surface area contributed by atoms with E-state index in [9.17, 15) is 19.7 Å². The van der Waals surface area contributed by atoms with Crippen LogP contribution in [-0.4, -0.2) is 21.0 Å². The molecule has 0 aliphatic carbocycles. The van der Waals surface area contributed by atoms with Crippen molar-refractivity contribution in [3.63, 3.8) is 0 Å². The molecule has 3 rings (SSSR count). The molecule has 1 aromatic heterocycles. The van der Waals surface area contributed by atoms with Crippen LogP contribution in [0.15, 0.2) is 64.2 Å². The molecule has 0 atom stereocenters. The topological polar surface area (TPSA) is 127 Å². The van der Waals surface area contributed by atoms with Gasteiger partial charge in [0.1, 0.15) is 11.5 Å². The first kappa shape index (κ1) is 22.8. The lowest BCUT2D eigenvalue weighted by Crippen LogP contribution is -2.39. The molecule has 1 heterocycles. The summed E-state index contributed by atoms with van der Waals surface area (Å²) in [6.07, 6.45) is 0.733. The van der Waals surface area contributed by atoms with Gasteiger partial charge in [0.15, 0.2) is 0 Å². The molecular weight excluding hydrogens is 410 g/mol. The Labute approximate surface area is 185 Å². The molecule has 2 aromatic carbocycles. The summed E-state index contributed by atoms with van der Waals surface area (Å²) in [5, 5.41) is 11.5. The normalized spacial score (nSPS) is 11.0. The molecule has 3 N–H and O–H groups in total. The number of para-hydroxylation sites is 1. The number of H-pyrrole nitrogens is 1. The first-order chi connectivity index (χ1) is 15.3. The van der Waals surface area contributed by atoms with Crippen molar-refractivity contribution in [3.8, 4) is 0 Å². The third-order valence-electron chi connectivity index (χ3n) is 5.24. The van der Waals surface area contributed by atoms with Crippen LogP contribution in [0.2, 0.25) is 0 Å². The number of anilines is 2. The Morgan fingerprint density at radius 2 is 1.75 bits per heavy atom. The summed E-state index contributed by atoms with van der Waals surface area (Å²) in [6.45, 7) is 4.85. The van der Waals surface area contributed by atoms with E-state index in [4.69, 9.17) is 5.73 Å². The molecule has 9 nitrogen and oxygen atoms in total. The lowest BCUT2D eigenvalue weighted by molar-refractivity contribution is -0.385. The number of hydrogen-bond donors (Lipinski definition) is 2. The Morgan fingerprint density at radius 1 is 1.09 bits per heavy atom. The minimum absolute atomic E-state index is 0.0324. The van der Waals surface area contributed by atoms with Crippen LogP contribution in [0.5, 0.6) is 0 Å². The summed E-state index contributed by atoms with van der Waals surface area (Å²) >= 11 is 0. The van der Waals surface area contributed by atoms with E-state index in [1.807, 2.05) is 44.2 Å². The van der Waals surface area contributed by atoms with Gasteiger partial charge in [0.25, 0.3) is 11.2 Å². The van der Waals surface area contributed by atoms with Crippen molar-refractivity contribution in [3.05, 3.63) is 96.7 Å². The summed E-state index contributed by atoms with van der Waals surface area (Å²) < 4.78 is 1.31. The summed E-state index contributed by atoms with van der Waals surface area (Å²) in [4.78, 5) is 40.5. The summed E-state index contributed by atoms with van der Waals surface area (Å²) in [6, 6.07) is 15.7. The largest absolute Gasteiger partial charge is 0.383 e. The second-order valence-corrected chi connectivity index (χ2v) is 8.05. The fraction of sp³-hybridized carbons (Fsp3) is 0.304. The van der Waals surface area contributed by atoms with Crippen molar-refractivity contribution >= 4 is 17.2 Å². The number of nitro groups is 1. The van der Waals surface area contributed by atoms with Gasteiger partial charge in [-0.3, -0.25) is 24.5 Å². The van der Waals surface area contributed by atoms with Crippen LogP contribution >= 0.6 is 0 Å². The number of nitrogen functional groups attached to an aromatic ring is 1. The van der Waals surface area contributed by atoms with Crippen LogP contribution < -0.4 is 21.9 Å². The van der Waals surface area contributed by atoms with Crippen LogP contribution in [0, 0.1) is 16.0 Å². The van der Waals surface area contributed by atoms with Crippen LogP contribution in [0.1, 0.15) is 31.4 Å². The molecule has 0 amide bonds. The number of nitrogens with zero attached hydrogens (tertiary/aromatic N) is 3. The molecule has 0 spiro atoms. The van der Waals surface area contributed by atoms with Crippen molar-refractivity contribution in [2.75, 3.05) is 17.2 Å². The van der Waals surface area contributed by atoms with Crippen LogP contribution in [0.4, 0.5) is 17.2 Å². The van der Waals surface area contributed by atoms with Gasteiger partial charge in [0.2, 0.25) is 0 Å². The number of hydrogen-bond acceptors (Lipinski definition) is 6. The van der Waals surface area contributed by atoms with Gasteiger partial charge in [-0.25, -0.2) is 4.79 Å². The SMILES string of the molecule is CC(C)CCN(Cc1ccccc1[N+](=O)[O-])c1c(N)n(Cc2ccccc2)c(=O)[nH]c1=O. The van der Waals surface area contributed by atoms with E-state index in [2.05, 4.69) is 4.98 Å². The molecule has 0 saturated heterocycles. The van der Waals surface area contributed by atoms with Gasteiger partial charge in [-0.15, -0.1) is 0 Å². The van der Waals surface area contributed by atoms with E-state index in [0.29, 0.717) is 18.0 Å². The quantitative estimate of drug-likeness (QED) is 0.391. The molecule has 0 radical (unpaired) electrons. The monoisotopic (exact) mass is 437 g/mol. The highest BCUT2D eigenvalue weighted by molar-refractivity contribution is 5.63. The van der Waals surface area contributed by atoms with Crippen molar-refractivity contribution in [2.24, 2.45) is 5.92 Å². The number of nitrogens with one attached hydrogen (secondary N) is 1. The third kappa shape index (κ3) is 5.23. The summed E-state index contributed by atoms with van der Waals surface area (Å²) in [5.41, 5.74) is 6.56. The van der Waals surface area contributed by atoms with Gasteiger partial charge in [0, 0.05) is 18.2 Å². The molecule has 9 heteroatoms. The molecule has 3 aromatic rings. The van der Waals surface area contributed by atoms with Gasteiger partial charge in [-0.2, -0.15) is 0 Å². The van der Waals surface area contributed by atoms with Gasteiger partial charge < -0.3 is 10.6 Å². The molecule has 0 saturated carbocycles. The second kappa shape index (κ2) is 9.95. The van der Waals surface area contributed by atoms with Crippen molar-refractivity contribution in [1.82, 2.24) is 9.55 Å². The first-order valence-corrected chi connectivity index (χ1v) is 10.4. The molecule has 0 unspecified atom stereocenters. The predicted molar refractivity (Wildman–Crippen MR) is 125 cm³/mol. The van der Waals surface area contributed by atoms with Gasteiger partial charge in [0.05, 0.1) is 18.0 Å². The molecule has 0 aliphatic rings. The lowest BCUT2D eigenvalue weighted by Gasteiger charge is -2.27. The molecule has 168 valence electrons. The highest BCUT2D eigenvalue weighted by Crippen LogP contribution is 2.25. The predicted octanol–water partition coefficient (Wildman–Crippen LogP) is 3.13. The zero-order chi connectivity index (χ0) is 23.3. The minimum Gasteiger partial charge on any atom is -0.383 e. The van der Waals surface area contributed by atoms with E-state index in [-0.39, 0.29) is 30.3 Å². The Kier molecular flexibility index (Phi) is 7.09. The number of aromatic amines is 1. The number of aromatic nitrogens is 2. The second-order valence-electron chi connectivity index (χ2n) is 8.05. The molecule has 0 aliphatic heterocycles. The maximum atomic E-state index is 12.8. The molecule has 0 bridgehead atoms.